The quantitative estimate of drug-likeness (QED) is 0.346. The van der Waals surface area contributed by atoms with Gasteiger partial charge in [0, 0.05) is 32.7 Å². The van der Waals surface area contributed by atoms with Gasteiger partial charge in [0.05, 0.1) is 11.4 Å². The molecule has 3 N–H and O–H groups in total. The van der Waals surface area contributed by atoms with Crippen LogP contribution in [-0.2, 0) is 16.6 Å². The number of hydrogen-bond acceptors (Lipinski definition) is 4. The van der Waals surface area contributed by atoms with Crippen molar-refractivity contribution in [1.29, 1.82) is 0 Å². The lowest BCUT2D eigenvalue weighted by molar-refractivity contribution is 0.222. The number of sulfonamides is 1. The molecule has 0 radical (unpaired) electrons. The van der Waals surface area contributed by atoms with Crippen LogP contribution in [0.1, 0.15) is 24.8 Å². The van der Waals surface area contributed by atoms with Crippen LogP contribution in [0.25, 0.3) is 0 Å². The lowest BCUT2D eigenvalue weighted by Crippen LogP contribution is -2.47. The molecule has 1 heterocycles. The second kappa shape index (κ2) is 10.0. The van der Waals surface area contributed by atoms with Crippen molar-refractivity contribution in [2.45, 2.75) is 30.7 Å². The molecule has 0 unspecified atom stereocenters. The maximum atomic E-state index is 13.0. The Morgan fingerprint density at radius 3 is 2.52 bits per heavy atom. The van der Waals surface area contributed by atoms with Crippen LogP contribution in [0.15, 0.2) is 34.2 Å². The molecule has 1 aliphatic heterocycles. The largest absolute Gasteiger partial charge is 0.370 e. The molecule has 1 saturated heterocycles. The maximum Gasteiger partial charge on any atom is 0.243 e. The van der Waals surface area contributed by atoms with Crippen molar-refractivity contribution < 1.29 is 8.42 Å². The first-order valence-corrected chi connectivity index (χ1v) is 10.7. The van der Waals surface area contributed by atoms with Crippen molar-refractivity contribution in [2.75, 3.05) is 39.8 Å². The zero-order valence-corrected chi connectivity index (χ0v) is 18.9. The fourth-order valence-electron chi connectivity index (χ4n) is 3.23. The predicted molar refractivity (Wildman–Crippen MR) is 119 cm³/mol. The zero-order valence-electron chi connectivity index (χ0n) is 15.8. The summed E-state index contributed by atoms with van der Waals surface area (Å²) in [7, 11) is -1.50. The molecule has 0 amide bonds. The topological polar surface area (TPSA) is 91.0 Å². The third-order valence-electron chi connectivity index (χ3n) is 5.27. The SMILES string of the molecule is CN1CCN(S(=O)(=O)c2ccccc2CN=C(N)NCC2CCC2)CC1.I. The predicted octanol–water partition coefficient (Wildman–Crippen LogP) is 1.45. The minimum Gasteiger partial charge on any atom is -0.370 e. The van der Waals surface area contributed by atoms with E-state index in [9.17, 15) is 8.42 Å². The van der Waals surface area contributed by atoms with Crippen LogP contribution in [-0.4, -0.2) is 63.4 Å². The fourth-order valence-corrected chi connectivity index (χ4v) is 4.86. The van der Waals surface area contributed by atoms with Crippen molar-refractivity contribution in [3.05, 3.63) is 29.8 Å². The zero-order chi connectivity index (χ0) is 18.6. The van der Waals surface area contributed by atoms with E-state index in [1.54, 1.807) is 16.4 Å². The molecule has 2 aliphatic rings. The number of guanidine groups is 1. The van der Waals surface area contributed by atoms with Crippen LogP contribution in [0.2, 0.25) is 0 Å². The summed E-state index contributed by atoms with van der Waals surface area (Å²) in [6.45, 7) is 3.63. The van der Waals surface area contributed by atoms with Gasteiger partial charge in [-0.15, -0.1) is 24.0 Å². The average molecular weight is 507 g/mol. The van der Waals surface area contributed by atoms with E-state index in [0.29, 0.717) is 35.4 Å². The number of halogens is 1. The highest BCUT2D eigenvalue weighted by Gasteiger charge is 2.29. The Hall–Kier alpha value is -0.910. The summed E-state index contributed by atoms with van der Waals surface area (Å²) >= 11 is 0. The maximum absolute atomic E-state index is 13.0. The number of nitrogens with two attached hydrogens (primary N) is 1. The minimum atomic E-state index is -3.51. The summed E-state index contributed by atoms with van der Waals surface area (Å²) in [6.07, 6.45) is 3.78. The Morgan fingerprint density at radius 2 is 1.89 bits per heavy atom. The van der Waals surface area contributed by atoms with Gasteiger partial charge in [-0.3, -0.25) is 0 Å². The summed E-state index contributed by atoms with van der Waals surface area (Å²) < 4.78 is 27.6. The Bertz CT molecular complexity index is 744. The van der Waals surface area contributed by atoms with Crippen LogP contribution in [0.5, 0.6) is 0 Å². The van der Waals surface area contributed by atoms with E-state index in [1.807, 2.05) is 19.2 Å². The number of nitrogens with one attached hydrogen (secondary N) is 1. The molecule has 0 spiro atoms. The first-order valence-electron chi connectivity index (χ1n) is 9.27. The molecule has 7 nitrogen and oxygen atoms in total. The first kappa shape index (κ1) is 22.4. The normalized spacial score (nSPS) is 20.0. The van der Waals surface area contributed by atoms with Gasteiger partial charge < -0.3 is 16.0 Å². The van der Waals surface area contributed by atoms with Crippen LogP contribution in [0, 0.1) is 5.92 Å². The highest BCUT2D eigenvalue weighted by atomic mass is 127. The second-order valence-corrected chi connectivity index (χ2v) is 9.10. The van der Waals surface area contributed by atoms with E-state index in [2.05, 4.69) is 15.2 Å². The molecule has 152 valence electrons. The van der Waals surface area contributed by atoms with E-state index < -0.39 is 10.0 Å². The van der Waals surface area contributed by atoms with Gasteiger partial charge in [0.15, 0.2) is 5.96 Å². The summed E-state index contributed by atoms with van der Waals surface area (Å²) in [5.41, 5.74) is 6.62. The van der Waals surface area contributed by atoms with E-state index in [1.165, 1.54) is 19.3 Å². The molecule has 1 aliphatic carbocycles. The smallest absolute Gasteiger partial charge is 0.243 e. The van der Waals surface area contributed by atoms with Crippen molar-refractivity contribution in [3.63, 3.8) is 0 Å². The lowest BCUT2D eigenvalue weighted by atomic mass is 9.85. The number of nitrogens with zero attached hydrogens (tertiary/aromatic N) is 3. The number of hydrogen-bond donors (Lipinski definition) is 2. The van der Waals surface area contributed by atoms with Crippen LogP contribution < -0.4 is 11.1 Å². The third-order valence-corrected chi connectivity index (χ3v) is 7.27. The molecule has 0 bridgehead atoms. The fraction of sp³-hybridized carbons (Fsp3) is 0.611. The van der Waals surface area contributed by atoms with Gasteiger partial charge in [-0.2, -0.15) is 4.31 Å². The summed E-state index contributed by atoms with van der Waals surface area (Å²) in [4.78, 5) is 6.82. The molecule has 2 fully saturated rings. The van der Waals surface area contributed by atoms with Crippen molar-refractivity contribution in [3.8, 4) is 0 Å². The van der Waals surface area contributed by atoms with Gasteiger partial charge in [-0.05, 0) is 37.4 Å². The average Bonchev–Trinajstić information content (AvgIpc) is 2.59. The Labute approximate surface area is 179 Å². The standard InChI is InChI=1S/C18H29N5O2S.HI/c1-22-9-11-23(12-10-22)26(24,25)17-8-3-2-7-16(17)14-21-18(19)20-13-15-5-4-6-15;/h2-3,7-8,15H,4-6,9-14H2,1H3,(H3,19,20,21);1H. The molecule has 0 atom stereocenters. The molecule has 0 aromatic heterocycles. The number of piperazine rings is 1. The number of likely N-dealkylation sites (N-methyl/N-ethyl adjacent to an activating group) is 1. The summed E-state index contributed by atoms with van der Waals surface area (Å²) in [5.74, 6) is 1.07. The number of benzene rings is 1. The minimum absolute atomic E-state index is 0. The van der Waals surface area contributed by atoms with Crippen molar-refractivity contribution in [2.24, 2.45) is 16.6 Å². The van der Waals surface area contributed by atoms with Crippen molar-refractivity contribution in [1.82, 2.24) is 14.5 Å². The van der Waals surface area contributed by atoms with Gasteiger partial charge in [0.2, 0.25) is 10.0 Å². The number of rotatable bonds is 6. The van der Waals surface area contributed by atoms with Gasteiger partial charge in [0.1, 0.15) is 0 Å². The van der Waals surface area contributed by atoms with Gasteiger partial charge in [-0.1, -0.05) is 24.6 Å². The monoisotopic (exact) mass is 507 g/mol. The van der Waals surface area contributed by atoms with E-state index in [0.717, 1.165) is 19.6 Å². The molecule has 1 aromatic carbocycles. The molecule has 1 aromatic rings. The molecular weight excluding hydrogens is 477 g/mol. The number of aliphatic imine (C=N–C) groups is 1. The lowest BCUT2D eigenvalue weighted by Gasteiger charge is -2.32. The molecule has 27 heavy (non-hydrogen) atoms. The second-order valence-electron chi connectivity index (χ2n) is 7.19. The van der Waals surface area contributed by atoms with E-state index in [-0.39, 0.29) is 30.5 Å². The van der Waals surface area contributed by atoms with Crippen molar-refractivity contribution >= 4 is 40.0 Å². The molecule has 9 heteroatoms. The van der Waals surface area contributed by atoms with Crippen LogP contribution in [0.3, 0.4) is 0 Å². The Morgan fingerprint density at radius 1 is 1.22 bits per heavy atom. The van der Waals surface area contributed by atoms with Crippen LogP contribution >= 0.6 is 24.0 Å². The summed E-state index contributed by atoms with van der Waals surface area (Å²) in [5, 5.41) is 3.14. The molecule has 1 saturated carbocycles. The highest BCUT2D eigenvalue weighted by molar-refractivity contribution is 14.0. The van der Waals surface area contributed by atoms with Gasteiger partial charge >= 0.3 is 0 Å². The summed E-state index contributed by atoms with van der Waals surface area (Å²) in [6, 6.07) is 7.07. The Kier molecular flexibility index (Phi) is 8.32. The Balaban J connectivity index is 0.00000261. The van der Waals surface area contributed by atoms with Crippen LogP contribution in [0.4, 0.5) is 0 Å². The highest BCUT2D eigenvalue weighted by Crippen LogP contribution is 2.25. The van der Waals surface area contributed by atoms with E-state index in [4.69, 9.17) is 5.73 Å². The molecule has 3 rings (SSSR count). The van der Waals surface area contributed by atoms with E-state index >= 15 is 0 Å². The third kappa shape index (κ3) is 5.78. The molecular formula is C18H30IN5O2S. The first-order chi connectivity index (χ1) is 12.5. The van der Waals surface area contributed by atoms with Gasteiger partial charge in [0.25, 0.3) is 0 Å². The van der Waals surface area contributed by atoms with Gasteiger partial charge in [-0.25, -0.2) is 13.4 Å².